The van der Waals surface area contributed by atoms with Gasteiger partial charge in [0.25, 0.3) is 0 Å². The van der Waals surface area contributed by atoms with E-state index in [4.69, 9.17) is 0 Å². The first-order chi connectivity index (χ1) is 14.6. The molecule has 0 spiro atoms. The van der Waals surface area contributed by atoms with Crippen LogP contribution in [0.15, 0.2) is 78.5 Å². The second kappa shape index (κ2) is 10.8. The maximum Gasteiger partial charge on any atom is 0.233 e. The summed E-state index contributed by atoms with van der Waals surface area (Å²) >= 11 is 1.42. The minimum atomic E-state index is -0.277. The molecule has 0 fully saturated rings. The number of nitrogens with one attached hydrogen (secondary N) is 1. The molecule has 1 amide bonds. The summed E-state index contributed by atoms with van der Waals surface area (Å²) in [5, 5.41) is 12.3. The van der Waals surface area contributed by atoms with E-state index in [-0.39, 0.29) is 17.2 Å². The van der Waals surface area contributed by atoms with E-state index in [1.54, 1.807) is 0 Å². The normalized spacial score (nSPS) is 12.9. The lowest BCUT2D eigenvalue weighted by Crippen LogP contribution is -2.38. The Kier molecular flexibility index (Phi) is 7.85. The summed E-state index contributed by atoms with van der Waals surface area (Å²) in [7, 11) is 0. The molecule has 30 heavy (non-hydrogen) atoms. The number of nitrogens with zero attached hydrogens (tertiary/aromatic N) is 3. The SMILES string of the molecule is C=CCn1c(S[C@H](C)C(=O)N[C@@H](C)CCc2ccccc2)nnc1-c1ccccc1. The Bertz CT molecular complexity index is 956. The zero-order valence-corrected chi connectivity index (χ0v) is 18.3. The van der Waals surface area contributed by atoms with Gasteiger partial charge in [-0.05, 0) is 32.3 Å². The van der Waals surface area contributed by atoms with Gasteiger partial charge >= 0.3 is 0 Å². The van der Waals surface area contributed by atoms with Crippen molar-refractivity contribution in [3.63, 3.8) is 0 Å². The van der Waals surface area contributed by atoms with Crippen LogP contribution in [0.1, 0.15) is 25.8 Å². The van der Waals surface area contributed by atoms with Crippen molar-refractivity contribution in [2.75, 3.05) is 0 Å². The standard InChI is InChI=1S/C24H28N4OS/c1-4-17-28-22(21-13-9-6-10-14-21)26-27-24(28)30-19(3)23(29)25-18(2)15-16-20-11-7-5-8-12-20/h4-14,18-19H,1,15-17H2,2-3H3,(H,25,29)/t18-,19+/m0/s1. The lowest BCUT2D eigenvalue weighted by molar-refractivity contribution is -0.120. The van der Waals surface area contributed by atoms with E-state index in [0.29, 0.717) is 11.7 Å². The van der Waals surface area contributed by atoms with Crippen LogP contribution < -0.4 is 5.32 Å². The molecule has 3 aromatic rings. The van der Waals surface area contributed by atoms with Crippen molar-refractivity contribution >= 4 is 17.7 Å². The van der Waals surface area contributed by atoms with E-state index >= 15 is 0 Å². The summed E-state index contributed by atoms with van der Waals surface area (Å²) in [6.45, 7) is 8.38. The fraction of sp³-hybridized carbons (Fsp3) is 0.292. The summed E-state index contributed by atoms with van der Waals surface area (Å²) < 4.78 is 2.00. The number of allylic oxidation sites excluding steroid dienone is 1. The molecule has 1 N–H and O–H groups in total. The van der Waals surface area contributed by atoms with Crippen LogP contribution in [0, 0.1) is 0 Å². The predicted molar refractivity (Wildman–Crippen MR) is 123 cm³/mol. The quantitative estimate of drug-likeness (QED) is 0.380. The zero-order valence-electron chi connectivity index (χ0n) is 17.5. The largest absolute Gasteiger partial charge is 0.353 e. The predicted octanol–water partition coefficient (Wildman–Crippen LogP) is 4.75. The molecule has 2 aromatic carbocycles. The van der Waals surface area contributed by atoms with Crippen molar-refractivity contribution in [1.29, 1.82) is 0 Å². The van der Waals surface area contributed by atoms with Crippen molar-refractivity contribution in [1.82, 2.24) is 20.1 Å². The van der Waals surface area contributed by atoms with Crippen LogP contribution in [0.5, 0.6) is 0 Å². The van der Waals surface area contributed by atoms with Gasteiger partial charge in [0, 0.05) is 18.2 Å². The third-order valence-corrected chi connectivity index (χ3v) is 5.89. The third-order valence-electron chi connectivity index (χ3n) is 4.81. The van der Waals surface area contributed by atoms with E-state index in [0.717, 1.165) is 24.2 Å². The van der Waals surface area contributed by atoms with E-state index in [1.165, 1.54) is 17.3 Å². The first-order valence-electron chi connectivity index (χ1n) is 10.2. The number of aryl methyl sites for hydroxylation is 1. The topological polar surface area (TPSA) is 59.8 Å². The maximum absolute atomic E-state index is 12.7. The summed E-state index contributed by atoms with van der Waals surface area (Å²) in [6, 6.07) is 20.4. The van der Waals surface area contributed by atoms with Gasteiger partial charge in [-0.2, -0.15) is 0 Å². The van der Waals surface area contributed by atoms with Gasteiger partial charge in [0.2, 0.25) is 5.91 Å². The highest BCUT2D eigenvalue weighted by molar-refractivity contribution is 8.00. The minimum Gasteiger partial charge on any atom is -0.353 e. The Labute approximate surface area is 182 Å². The van der Waals surface area contributed by atoms with Crippen LogP contribution in [-0.2, 0) is 17.8 Å². The molecule has 1 heterocycles. The minimum absolute atomic E-state index is 0.00924. The summed E-state index contributed by atoms with van der Waals surface area (Å²) in [5.41, 5.74) is 2.28. The molecule has 0 unspecified atom stereocenters. The fourth-order valence-electron chi connectivity index (χ4n) is 3.14. The monoisotopic (exact) mass is 420 g/mol. The Morgan fingerprint density at radius 3 is 2.43 bits per heavy atom. The Morgan fingerprint density at radius 2 is 1.77 bits per heavy atom. The Morgan fingerprint density at radius 1 is 1.10 bits per heavy atom. The van der Waals surface area contributed by atoms with Gasteiger partial charge in [-0.25, -0.2) is 0 Å². The number of aromatic nitrogens is 3. The van der Waals surface area contributed by atoms with Crippen molar-refractivity contribution in [3.8, 4) is 11.4 Å². The van der Waals surface area contributed by atoms with E-state index in [2.05, 4.69) is 34.2 Å². The summed E-state index contributed by atoms with van der Waals surface area (Å²) in [6.07, 6.45) is 3.66. The number of hydrogen-bond acceptors (Lipinski definition) is 4. The smallest absolute Gasteiger partial charge is 0.233 e. The molecule has 156 valence electrons. The summed E-state index contributed by atoms with van der Waals surface area (Å²) in [4.78, 5) is 12.7. The van der Waals surface area contributed by atoms with Crippen LogP contribution in [-0.4, -0.2) is 32.0 Å². The molecule has 0 radical (unpaired) electrons. The number of amides is 1. The molecule has 0 saturated heterocycles. The maximum atomic E-state index is 12.7. The first-order valence-corrected chi connectivity index (χ1v) is 11.1. The third kappa shape index (κ3) is 5.83. The Balaban J connectivity index is 1.60. The molecular weight excluding hydrogens is 392 g/mol. The molecule has 5 nitrogen and oxygen atoms in total. The average Bonchev–Trinajstić information content (AvgIpc) is 3.16. The second-order valence-corrected chi connectivity index (χ2v) is 8.57. The average molecular weight is 421 g/mol. The zero-order chi connectivity index (χ0) is 21.3. The lowest BCUT2D eigenvalue weighted by Gasteiger charge is -2.17. The van der Waals surface area contributed by atoms with Crippen LogP contribution in [0.3, 0.4) is 0 Å². The highest BCUT2D eigenvalue weighted by Crippen LogP contribution is 2.27. The molecule has 6 heteroatoms. The molecule has 0 aliphatic heterocycles. The van der Waals surface area contributed by atoms with Gasteiger partial charge in [0.1, 0.15) is 0 Å². The number of carbonyl (C=O) groups is 1. The molecular formula is C24H28N4OS. The first kappa shape index (κ1) is 21.8. The number of rotatable bonds is 10. The van der Waals surface area contributed by atoms with Gasteiger partial charge in [-0.3, -0.25) is 9.36 Å². The lowest BCUT2D eigenvalue weighted by atomic mass is 10.1. The van der Waals surface area contributed by atoms with Gasteiger partial charge < -0.3 is 5.32 Å². The van der Waals surface area contributed by atoms with Crippen LogP contribution in [0.2, 0.25) is 0 Å². The number of benzene rings is 2. The van der Waals surface area contributed by atoms with Crippen molar-refractivity contribution < 1.29 is 4.79 Å². The molecule has 0 aliphatic carbocycles. The van der Waals surface area contributed by atoms with E-state index in [9.17, 15) is 4.79 Å². The van der Waals surface area contributed by atoms with Crippen LogP contribution in [0.4, 0.5) is 0 Å². The van der Waals surface area contributed by atoms with Crippen LogP contribution >= 0.6 is 11.8 Å². The van der Waals surface area contributed by atoms with Gasteiger partial charge in [-0.15, -0.1) is 16.8 Å². The molecule has 0 bridgehead atoms. The highest BCUT2D eigenvalue weighted by atomic mass is 32.2. The molecule has 0 saturated carbocycles. The fourth-order valence-corrected chi connectivity index (χ4v) is 4.01. The van der Waals surface area contributed by atoms with Crippen molar-refractivity contribution in [2.24, 2.45) is 0 Å². The van der Waals surface area contributed by atoms with Gasteiger partial charge in [0.15, 0.2) is 11.0 Å². The van der Waals surface area contributed by atoms with E-state index < -0.39 is 0 Å². The van der Waals surface area contributed by atoms with Gasteiger partial charge in [0.05, 0.1) is 5.25 Å². The second-order valence-electron chi connectivity index (χ2n) is 7.27. The molecule has 3 rings (SSSR count). The molecule has 0 aliphatic rings. The molecule has 2 atom stereocenters. The molecule has 1 aromatic heterocycles. The van der Waals surface area contributed by atoms with E-state index in [1.807, 2.05) is 73.0 Å². The number of hydrogen-bond donors (Lipinski definition) is 1. The number of thioether (sulfide) groups is 1. The highest BCUT2D eigenvalue weighted by Gasteiger charge is 2.21. The van der Waals surface area contributed by atoms with Gasteiger partial charge in [-0.1, -0.05) is 78.5 Å². The van der Waals surface area contributed by atoms with Crippen molar-refractivity contribution in [3.05, 3.63) is 78.9 Å². The van der Waals surface area contributed by atoms with Crippen molar-refractivity contribution in [2.45, 2.75) is 49.7 Å². The Hall–Kier alpha value is -2.86. The van der Waals surface area contributed by atoms with Crippen LogP contribution in [0.25, 0.3) is 11.4 Å². The summed E-state index contributed by atoms with van der Waals surface area (Å²) in [5.74, 6) is 0.789. The number of carbonyl (C=O) groups excluding carboxylic acids is 1.